The number of carboxylic acids is 1. The van der Waals surface area contributed by atoms with Crippen molar-refractivity contribution in [3.05, 3.63) is 107 Å². The number of aromatic nitrogens is 10. The van der Waals surface area contributed by atoms with Gasteiger partial charge in [0.1, 0.15) is 18.7 Å². The van der Waals surface area contributed by atoms with Gasteiger partial charge in [-0.3, -0.25) is 24.0 Å². The van der Waals surface area contributed by atoms with Crippen LogP contribution >= 0.6 is 0 Å². The van der Waals surface area contributed by atoms with Gasteiger partial charge in [-0.25, -0.2) is 0 Å². The molecule has 0 aromatic carbocycles. The molecule has 0 amide bonds. The number of hydrogen-bond acceptors (Lipinski definition) is 14. The fourth-order valence-corrected chi connectivity index (χ4v) is 5.90. The van der Waals surface area contributed by atoms with Crippen LogP contribution in [0.2, 0.25) is 0 Å². The van der Waals surface area contributed by atoms with Crippen LogP contribution in [-0.4, -0.2) is 89.9 Å². The number of ether oxygens (including phenoxy) is 1. The second-order valence-corrected chi connectivity index (χ2v) is 13.8. The van der Waals surface area contributed by atoms with Crippen LogP contribution in [-0.2, 0) is 45.1 Å². The van der Waals surface area contributed by atoms with Gasteiger partial charge < -0.3 is 19.0 Å². The fraction of sp³-hybridized carbons (Fsp3) is 0.275. The van der Waals surface area contributed by atoms with Crippen LogP contribution < -0.4 is 0 Å². The number of hydrogen-bond donors (Lipinski definition) is 1. The summed E-state index contributed by atoms with van der Waals surface area (Å²) in [6.07, 6.45) is 17.2. The van der Waals surface area contributed by atoms with Crippen molar-refractivity contribution in [3.8, 4) is 0 Å². The molecule has 0 saturated carbocycles. The van der Waals surface area contributed by atoms with Gasteiger partial charge in [0.25, 0.3) is 0 Å². The van der Waals surface area contributed by atoms with Gasteiger partial charge in [0, 0.05) is 58.3 Å². The molecule has 57 heavy (non-hydrogen) atoms. The first-order valence-electron chi connectivity index (χ1n) is 17.7. The highest BCUT2D eigenvalue weighted by molar-refractivity contribution is 6.20. The zero-order valence-electron chi connectivity index (χ0n) is 32.2. The van der Waals surface area contributed by atoms with Crippen molar-refractivity contribution >= 4 is 63.0 Å². The van der Waals surface area contributed by atoms with Gasteiger partial charge in [-0.2, -0.15) is 30.6 Å². The van der Waals surface area contributed by atoms with Crippen molar-refractivity contribution in [2.45, 2.75) is 73.1 Å². The Labute approximate surface area is 326 Å². The third-order valence-electron chi connectivity index (χ3n) is 8.29. The predicted molar refractivity (Wildman–Crippen MR) is 208 cm³/mol. The minimum Gasteiger partial charge on any atom is -0.480 e. The number of carboxylic acid groups (broad SMARTS) is 1. The molecule has 17 heteroatoms. The molecule has 0 spiro atoms. The van der Waals surface area contributed by atoms with Gasteiger partial charge in [0.05, 0.1) is 36.2 Å². The van der Waals surface area contributed by atoms with Crippen molar-refractivity contribution < 1.29 is 33.8 Å². The summed E-state index contributed by atoms with van der Waals surface area (Å²) in [4.78, 5) is 56.6. The molecule has 0 aliphatic heterocycles. The molecule has 6 aromatic rings. The first kappa shape index (κ1) is 41.0. The van der Waals surface area contributed by atoms with Gasteiger partial charge in [-0.1, -0.05) is 18.2 Å². The van der Waals surface area contributed by atoms with Crippen LogP contribution in [0.1, 0.15) is 84.8 Å². The Balaban J connectivity index is 0.000000150. The Bertz CT molecular complexity index is 2550. The zero-order chi connectivity index (χ0) is 41.3. The van der Waals surface area contributed by atoms with Crippen LogP contribution in [0.3, 0.4) is 0 Å². The van der Waals surface area contributed by atoms with E-state index in [2.05, 4.69) is 52.9 Å². The lowest BCUT2D eigenvalue weighted by atomic mass is 10.1. The maximum atomic E-state index is 11.9. The van der Waals surface area contributed by atoms with E-state index in [-0.39, 0.29) is 36.4 Å². The molecule has 2 aliphatic carbocycles. The van der Waals surface area contributed by atoms with Crippen LogP contribution in [0.25, 0.3) is 33.7 Å². The van der Waals surface area contributed by atoms with E-state index in [1.165, 1.54) is 42.6 Å². The van der Waals surface area contributed by atoms with E-state index < -0.39 is 11.6 Å². The Morgan fingerprint density at radius 1 is 0.684 bits per heavy atom. The molecule has 0 fully saturated rings. The molecule has 6 heterocycles. The first-order chi connectivity index (χ1) is 27.1. The number of fused-ring (bicyclic) bond motifs is 4. The van der Waals surface area contributed by atoms with Crippen molar-refractivity contribution in [2.24, 2.45) is 0 Å². The monoisotopic (exact) mass is 772 g/mol. The molecule has 1 N–H and O–H groups in total. The minimum atomic E-state index is -0.988. The quantitative estimate of drug-likeness (QED) is 0.171. The summed E-state index contributed by atoms with van der Waals surface area (Å²) >= 11 is 0. The standard InChI is InChI=1S/C14H17N3O3.C10H9N3O3.C9H8N2O.C7H6N2/c1-9(18)11-7-17(8-12(19)20-14(2,3)4)13-10(11)5-6-15-16-13;1-6(14)8-4-13(5-9(15)16)10-7(8)2-3-11-12-10;1-6(12)7-2-3-9-8(7)4-5-10-11-9;1-2-6-4-5-8-9-7(6)3-1/h5-7H,8H2,1-4H3;2-4H,5H2,1H3,(H,15,16);2,4-5H,3H2,1H3;1-2,4-5H,3H2. The molecular weight excluding hydrogens is 733 g/mol. The SMILES string of the molecule is C1=Cc2ccnnc2C1.CC(=O)C1=CCc2nnccc21.CC(=O)c1cn(CC(=O)O)c2nnccc12.CC(=O)c1cn(CC(=O)OC(C)(C)C)c2nnccc12. The molecule has 6 aromatic heterocycles. The average Bonchev–Trinajstić information content (AvgIpc) is 3.96. The predicted octanol–water partition coefficient (Wildman–Crippen LogP) is 4.75. The average molecular weight is 773 g/mol. The van der Waals surface area contributed by atoms with Gasteiger partial charge >= 0.3 is 11.9 Å². The third kappa shape index (κ3) is 10.5. The van der Waals surface area contributed by atoms with Crippen LogP contribution in [0.4, 0.5) is 0 Å². The van der Waals surface area contributed by atoms with E-state index >= 15 is 0 Å². The fourth-order valence-electron chi connectivity index (χ4n) is 5.90. The summed E-state index contributed by atoms with van der Waals surface area (Å²) in [5.74, 6) is -1.47. The van der Waals surface area contributed by atoms with Gasteiger partial charge in [0.2, 0.25) is 0 Å². The lowest BCUT2D eigenvalue weighted by Gasteiger charge is -2.19. The Hall–Kier alpha value is -7.17. The molecule has 0 atom stereocenters. The van der Waals surface area contributed by atoms with E-state index in [0.717, 1.165) is 35.4 Å². The highest BCUT2D eigenvalue weighted by atomic mass is 16.6. The van der Waals surface area contributed by atoms with Crippen molar-refractivity contribution in [1.29, 1.82) is 0 Å². The highest BCUT2D eigenvalue weighted by Gasteiger charge is 2.20. The van der Waals surface area contributed by atoms with Gasteiger partial charge in [-0.05, 0) is 71.4 Å². The van der Waals surface area contributed by atoms with E-state index in [9.17, 15) is 24.0 Å². The molecule has 8 rings (SSSR count). The molecule has 0 unspecified atom stereocenters. The Kier molecular flexibility index (Phi) is 12.9. The molecule has 2 aliphatic rings. The Morgan fingerprint density at radius 2 is 1.21 bits per heavy atom. The first-order valence-corrected chi connectivity index (χ1v) is 17.7. The normalized spacial score (nSPS) is 12.1. The van der Waals surface area contributed by atoms with E-state index in [1.807, 2.05) is 18.2 Å². The van der Waals surface area contributed by atoms with Crippen molar-refractivity contribution in [1.82, 2.24) is 49.9 Å². The maximum absolute atomic E-state index is 11.9. The topological polar surface area (TPSA) is 228 Å². The van der Waals surface area contributed by atoms with Crippen LogP contribution in [0, 0.1) is 0 Å². The number of carbonyl (C=O) groups is 5. The second-order valence-electron chi connectivity index (χ2n) is 13.8. The summed E-state index contributed by atoms with van der Waals surface area (Å²) in [5, 5.41) is 40.7. The molecule has 0 saturated heterocycles. The summed E-state index contributed by atoms with van der Waals surface area (Å²) in [6, 6.07) is 7.18. The molecule has 0 radical (unpaired) electrons. The second kappa shape index (κ2) is 18.0. The number of esters is 1. The van der Waals surface area contributed by atoms with Crippen LogP contribution in [0.15, 0.2) is 73.6 Å². The summed E-state index contributed by atoms with van der Waals surface area (Å²) < 4.78 is 8.26. The number of carbonyl (C=O) groups excluding carboxylic acids is 4. The minimum absolute atomic E-state index is 0.000255. The summed E-state index contributed by atoms with van der Waals surface area (Å²) in [6.45, 7) is 9.66. The number of rotatable bonds is 7. The van der Waals surface area contributed by atoms with Crippen LogP contribution in [0.5, 0.6) is 0 Å². The molecule has 0 bridgehead atoms. The smallest absolute Gasteiger partial charge is 0.326 e. The summed E-state index contributed by atoms with van der Waals surface area (Å²) in [7, 11) is 0. The number of ketones is 3. The maximum Gasteiger partial charge on any atom is 0.326 e. The zero-order valence-corrected chi connectivity index (χ0v) is 32.2. The van der Waals surface area contributed by atoms with Gasteiger partial charge in [0.15, 0.2) is 28.6 Å². The van der Waals surface area contributed by atoms with E-state index in [4.69, 9.17) is 9.84 Å². The molecular formula is C40H40N10O7. The van der Waals surface area contributed by atoms with Crippen molar-refractivity contribution in [3.63, 3.8) is 0 Å². The number of aliphatic carboxylic acids is 1. The number of nitrogens with zero attached hydrogens (tertiary/aromatic N) is 10. The van der Waals surface area contributed by atoms with Crippen molar-refractivity contribution in [2.75, 3.05) is 0 Å². The highest BCUT2D eigenvalue weighted by Crippen LogP contribution is 2.25. The van der Waals surface area contributed by atoms with E-state index in [1.54, 1.807) is 63.0 Å². The number of Topliss-reactive ketones (excluding diaryl/α,β-unsaturated/α-hetero) is 3. The largest absolute Gasteiger partial charge is 0.480 e. The van der Waals surface area contributed by atoms with Gasteiger partial charge in [-0.15, -0.1) is 10.2 Å². The van der Waals surface area contributed by atoms with E-state index in [0.29, 0.717) is 33.2 Å². The third-order valence-corrected chi connectivity index (χ3v) is 8.29. The lowest BCUT2D eigenvalue weighted by Crippen LogP contribution is -2.26. The Morgan fingerprint density at radius 3 is 1.74 bits per heavy atom. The molecule has 292 valence electrons. The summed E-state index contributed by atoms with van der Waals surface area (Å²) in [5.41, 5.74) is 6.29. The molecule has 17 nitrogen and oxygen atoms in total. The number of allylic oxidation sites excluding steroid dienone is 3. The lowest BCUT2D eigenvalue weighted by molar-refractivity contribution is -0.155.